The summed E-state index contributed by atoms with van der Waals surface area (Å²) < 4.78 is 3.84. The van der Waals surface area contributed by atoms with Crippen LogP contribution in [0.25, 0.3) is 11.3 Å². The summed E-state index contributed by atoms with van der Waals surface area (Å²) in [6.45, 7) is 0.541. The molecule has 0 aliphatic rings. The molecule has 1 aromatic carbocycles. The van der Waals surface area contributed by atoms with E-state index < -0.39 is 4.92 Å². The highest BCUT2D eigenvalue weighted by Crippen LogP contribution is 2.19. The number of imidazole rings is 2. The number of nitro benzene ring substituents is 1. The predicted molar refractivity (Wildman–Crippen MR) is 117 cm³/mol. The molecule has 0 radical (unpaired) electrons. The van der Waals surface area contributed by atoms with E-state index in [9.17, 15) is 14.9 Å². The number of benzene rings is 1. The molecule has 32 heavy (non-hydrogen) atoms. The second-order valence-corrected chi connectivity index (χ2v) is 7.33. The van der Waals surface area contributed by atoms with Crippen molar-refractivity contribution in [1.82, 2.24) is 23.7 Å². The van der Waals surface area contributed by atoms with Gasteiger partial charge in [0.25, 0.3) is 11.6 Å². The minimum atomic E-state index is -0.504. The van der Waals surface area contributed by atoms with Crippen LogP contribution < -0.4 is 0 Å². The first kappa shape index (κ1) is 19.4. The number of hydrogen-bond donors (Lipinski definition) is 0. The SMILES string of the molecule is O=C(c1cccc([N+](=O)[O-])c1)N(Cc1cnc2ccccn12)Cc1cnc2ccccn12. The van der Waals surface area contributed by atoms with E-state index in [1.807, 2.05) is 57.6 Å². The summed E-state index contributed by atoms with van der Waals surface area (Å²) in [6.07, 6.45) is 7.25. The lowest BCUT2D eigenvalue weighted by molar-refractivity contribution is -0.384. The second kappa shape index (κ2) is 7.95. The predicted octanol–water partition coefficient (Wildman–Crippen LogP) is 3.73. The Kier molecular flexibility index (Phi) is 4.83. The molecule has 9 heteroatoms. The molecule has 1 amide bonds. The molecular formula is C23H18N6O3. The Labute approximate surface area is 182 Å². The quantitative estimate of drug-likeness (QED) is 0.304. The summed E-state index contributed by atoms with van der Waals surface area (Å²) in [7, 11) is 0. The van der Waals surface area contributed by atoms with Crippen LogP contribution in [0.1, 0.15) is 21.7 Å². The Hall–Kier alpha value is -4.53. The van der Waals surface area contributed by atoms with Gasteiger partial charge in [0.15, 0.2) is 0 Å². The van der Waals surface area contributed by atoms with Gasteiger partial charge in [-0.15, -0.1) is 0 Å². The maximum atomic E-state index is 13.5. The van der Waals surface area contributed by atoms with Gasteiger partial charge in [-0.25, -0.2) is 9.97 Å². The molecule has 5 aromatic rings. The molecule has 0 atom stereocenters. The fourth-order valence-corrected chi connectivity index (χ4v) is 3.73. The number of carbonyl (C=O) groups is 1. The fourth-order valence-electron chi connectivity index (χ4n) is 3.73. The number of carbonyl (C=O) groups excluding carboxylic acids is 1. The first-order valence-corrected chi connectivity index (χ1v) is 9.96. The summed E-state index contributed by atoms with van der Waals surface area (Å²) in [6, 6.07) is 17.2. The lowest BCUT2D eigenvalue weighted by Gasteiger charge is -2.22. The zero-order chi connectivity index (χ0) is 22.1. The van der Waals surface area contributed by atoms with Gasteiger partial charge in [-0.2, -0.15) is 0 Å². The third-order valence-corrected chi connectivity index (χ3v) is 5.28. The van der Waals surface area contributed by atoms with Crippen LogP contribution in [0, 0.1) is 10.1 Å². The molecule has 158 valence electrons. The van der Waals surface area contributed by atoms with Gasteiger partial charge in [0.05, 0.1) is 41.8 Å². The summed E-state index contributed by atoms with van der Waals surface area (Å²) in [5.74, 6) is -0.314. The molecule has 4 heterocycles. The third-order valence-electron chi connectivity index (χ3n) is 5.28. The Balaban J connectivity index is 1.54. The van der Waals surface area contributed by atoms with Crippen LogP contribution in [0.3, 0.4) is 0 Å². The number of non-ortho nitro benzene ring substituents is 1. The average molecular weight is 426 g/mol. The van der Waals surface area contributed by atoms with E-state index in [4.69, 9.17) is 0 Å². The van der Waals surface area contributed by atoms with E-state index in [1.165, 1.54) is 18.2 Å². The molecule has 0 bridgehead atoms. The van der Waals surface area contributed by atoms with Crippen molar-refractivity contribution < 1.29 is 9.72 Å². The van der Waals surface area contributed by atoms with Gasteiger partial charge in [-0.3, -0.25) is 14.9 Å². The number of aromatic nitrogens is 4. The zero-order valence-corrected chi connectivity index (χ0v) is 16.9. The molecule has 4 aromatic heterocycles. The Morgan fingerprint density at radius 3 is 2.03 bits per heavy atom. The highest BCUT2D eigenvalue weighted by molar-refractivity contribution is 5.94. The van der Waals surface area contributed by atoms with Crippen LogP contribution >= 0.6 is 0 Å². The van der Waals surface area contributed by atoms with E-state index in [-0.39, 0.29) is 30.2 Å². The van der Waals surface area contributed by atoms with Gasteiger partial charge in [-0.05, 0) is 30.3 Å². The molecule has 0 fully saturated rings. The normalized spacial score (nSPS) is 11.1. The van der Waals surface area contributed by atoms with Gasteiger partial charge in [0.1, 0.15) is 11.3 Å². The molecule has 9 nitrogen and oxygen atoms in total. The molecule has 0 unspecified atom stereocenters. The molecule has 5 rings (SSSR count). The summed E-state index contributed by atoms with van der Waals surface area (Å²) in [5, 5.41) is 11.2. The highest BCUT2D eigenvalue weighted by atomic mass is 16.6. The van der Waals surface area contributed by atoms with Gasteiger partial charge in [0.2, 0.25) is 0 Å². The van der Waals surface area contributed by atoms with Crippen molar-refractivity contribution in [2.45, 2.75) is 13.1 Å². The van der Waals surface area contributed by atoms with Crippen molar-refractivity contribution in [2.24, 2.45) is 0 Å². The van der Waals surface area contributed by atoms with E-state index in [0.29, 0.717) is 0 Å². The van der Waals surface area contributed by atoms with Gasteiger partial charge < -0.3 is 13.7 Å². The number of nitro groups is 1. The van der Waals surface area contributed by atoms with Crippen molar-refractivity contribution in [3.8, 4) is 0 Å². The van der Waals surface area contributed by atoms with E-state index >= 15 is 0 Å². The minimum absolute atomic E-state index is 0.125. The topological polar surface area (TPSA) is 98.0 Å². The van der Waals surface area contributed by atoms with Crippen LogP contribution in [0.15, 0.2) is 85.5 Å². The summed E-state index contributed by atoms with van der Waals surface area (Å²) in [4.78, 5) is 34.7. The standard InChI is InChI=1S/C23H18N6O3/c30-23(17-6-5-7-18(12-17)29(31)32)26(15-19-13-24-21-8-1-3-10-27(19)21)16-20-14-25-22-9-2-4-11-28(20)22/h1-14H,15-16H2. The van der Waals surface area contributed by atoms with Gasteiger partial charge >= 0.3 is 0 Å². The number of pyridine rings is 2. The van der Waals surface area contributed by atoms with E-state index in [1.54, 1.807) is 23.4 Å². The first-order valence-electron chi connectivity index (χ1n) is 9.96. The molecule has 0 saturated heterocycles. The Bertz CT molecular complexity index is 1380. The van der Waals surface area contributed by atoms with Crippen LogP contribution in [0.5, 0.6) is 0 Å². The number of amides is 1. The number of fused-ring (bicyclic) bond motifs is 2. The molecular weight excluding hydrogens is 408 g/mol. The van der Waals surface area contributed by atoms with Crippen LogP contribution in [-0.2, 0) is 13.1 Å². The number of rotatable bonds is 6. The van der Waals surface area contributed by atoms with Crippen molar-refractivity contribution in [1.29, 1.82) is 0 Å². The van der Waals surface area contributed by atoms with Gasteiger partial charge in [0, 0.05) is 30.1 Å². The van der Waals surface area contributed by atoms with Crippen LogP contribution in [0.2, 0.25) is 0 Å². The molecule has 0 aliphatic carbocycles. The molecule has 0 saturated carbocycles. The monoisotopic (exact) mass is 426 g/mol. The fraction of sp³-hybridized carbons (Fsp3) is 0.0870. The highest BCUT2D eigenvalue weighted by Gasteiger charge is 2.21. The van der Waals surface area contributed by atoms with Gasteiger partial charge in [-0.1, -0.05) is 18.2 Å². The Morgan fingerprint density at radius 2 is 1.47 bits per heavy atom. The largest absolute Gasteiger partial charge is 0.327 e. The number of hydrogen-bond acceptors (Lipinski definition) is 5. The second-order valence-electron chi connectivity index (χ2n) is 7.33. The maximum Gasteiger partial charge on any atom is 0.270 e. The lowest BCUT2D eigenvalue weighted by atomic mass is 10.1. The third kappa shape index (κ3) is 3.56. The zero-order valence-electron chi connectivity index (χ0n) is 16.9. The van der Waals surface area contributed by atoms with Crippen molar-refractivity contribution in [3.05, 3.63) is 113 Å². The summed E-state index contributed by atoms with van der Waals surface area (Å²) >= 11 is 0. The number of nitrogens with zero attached hydrogens (tertiary/aromatic N) is 6. The van der Waals surface area contributed by atoms with Crippen molar-refractivity contribution in [2.75, 3.05) is 0 Å². The average Bonchev–Trinajstić information content (AvgIpc) is 3.42. The summed E-state index contributed by atoms with van der Waals surface area (Å²) in [5.41, 5.74) is 3.34. The smallest absolute Gasteiger partial charge is 0.270 e. The van der Waals surface area contributed by atoms with Crippen molar-refractivity contribution in [3.63, 3.8) is 0 Å². The van der Waals surface area contributed by atoms with E-state index in [2.05, 4.69) is 9.97 Å². The molecule has 0 spiro atoms. The molecule has 0 N–H and O–H groups in total. The maximum absolute atomic E-state index is 13.5. The van der Waals surface area contributed by atoms with Crippen molar-refractivity contribution >= 4 is 22.9 Å². The van der Waals surface area contributed by atoms with E-state index in [0.717, 1.165) is 22.7 Å². The first-order chi connectivity index (χ1) is 15.6. The lowest BCUT2D eigenvalue weighted by Crippen LogP contribution is -2.31. The Morgan fingerprint density at radius 1 is 0.875 bits per heavy atom. The van der Waals surface area contributed by atoms with Crippen LogP contribution in [0.4, 0.5) is 5.69 Å². The van der Waals surface area contributed by atoms with Crippen LogP contribution in [-0.4, -0.2) is 34.5 Å². The molecule has 0 aliphatic heterocycles. The minimum Gasteiger partial charge on any atom is -0.327 e.